The topological polar surface area (TPSA) is 51.2 Å². The van der Waals surface area contributed by atoms with Crippen molar-refractivity contribution in [1.82, 2.24) is 4.90 Å². The summed E-state index contributed by atoms with van der Waals surface area (Å²) in [4.78, 5) is 2.37. The van der Waals surface area contributed by atoms with Gasteiger partial charge in [-0.15, -0.1) is 0 Å². The molecule has 0 aromatic heterocycles. The summed E-state index contributed by atoms with van der Waals surface area (Å²) < 4.78 is 16.5. The van der Waals surface area contributed by atoms with Crippen LogP contribution in [-0.4, -0.2) is 37.9 Å². The third-order valence-electron chi connectivity index (χ3n) is 5.38. The molecule has 26 heavy (non-hydrogen) atoms. The number of nitrogens with zero attached hydrogens (tertiary/aromatic N) is 1. The Bertz CT molecular complexity index is 917. The van der Waals surface area contributed by atoms with Crippen LogP contribution in [0.15, 0.2) is 24.3 Å². The zero-order valence-corrected chi connectivity index (χ0v) is 15.5. The molecule has 2 aromatic rings. The van der Waals surface area contributed by atoms with E-state index in [2.05, 4.69) is 17.9 Å². The number of phenols is 1. The van der Waals surface area contributed by atoms with E-state index in [0.717, 1.165) is 47.7 Å². The van der Waals surface area contributed by atoms with Crippen LogP contribution in [-0.2, 0) is 13.0 Å². The van der Waals surface area contributed by atoms with Crippen LogP contribution in [0.2, 0.25) is 0 Å². The Morgan fingerprint density at radius 2 is 1.73 bits per heavy atom. The number of rotatable bonds is 3. The van der Waals surface area contributed by atoms with Crippen LogP contribution in [0.1, 0.15) is 29.2 Å². The van der Waals surface area contributed by atoms with E-state index in [1.165, 1.54) is 16.8 Å². The van der Waals surface area contributed by atoms with E-state index in [1.54, 1.807) is 21.3 Å². The molecule has 0 saturated carbocycles. The number of fused-ring (bicyclic) bond motifs is 4. The Kier molecular flexibility index (Phi) is 3.94. The molecule has 0 fully saturated rings. The van der Waals surface area contributed by atoms with Gasteiger partial charge in [0.1, 0.15) is 0 Å². The average Bonchev–Trinajstić information content (AvgIpc) is 2.66. The summed E-state index contributed by atoms with van der Waals surface area (Å²) in [6.45, 7) is 3.80. The number of allylic oxidation sites excluding steroid dienone is 1. The van der Waals surface area contributed by atoms with Gasteiger partial charge in [-0.3, -0.25) is 0 Å². The summed E-state index contributed by atoms with van der Waals surface area (Å²) >= 11 is 0. The van der Waals surface area contributed by atoms with Gasteiger partial charge in [0.05, 0.1) is 21.3 Å². The molecule has 0 amide bonds. The van der Waals surface area contributed by atoms with Crippen LogP contribution < -0.4 is 14.2 Å². The molecular formula is C21H23NO4. The van der Waals surface area contributed by atoms with Crippen molar-refractivity contribution < 1.29 is 19.3 Å². The highest BCUT2D eigenvalue weighted by Crippen LogP contribution is 2.47. The molecule has 0 bridgehead atoms. The van der Waals surface area contributed by atoms with Gasteiger partial charge in [-0.05, 0) is 48.2 Å². The molecule has 0 atom stereocenters. The highest BCUT2D eigenvalue weighted by molar-refractivity contribution is 5.94. The van der Waals surface area contributed by atoms with Crippen LogP contribution in [0.5, 0.6) is 23.0 Å². The lowest BCUT2D eigenvalue weighted by atomic mass is 9.86. The lowest BCUT2D eigenvalue weighted by molar-refractivity contribution is 0.333. The molecule has 2 heterocycles. The molecule has 0 saturated heterocycles. The molecule has 2 aromatic carbocycles. The van der Waals surface area contributed by atoms with Crippen molar-refractivity contribution in [1.29, 1.82) is 0 Å². The summed E-state index contributed by atoms with van der Waals surface area (Å²) in [6.07, 6.45) is 0.880. The van der Waals surface area contributed by atoms with Crippen LogP contribution in [0, 0.1) is 0 Å². The third-order valence-corrected chi connectivity index (χ3v) is 5.38. The summed E-state index contributed by atoms with van der Waals surface area (Å²) in [5.41, 5.74) is 7.00. The van der Waals surface area contributed by atoms with E-state index < -0.39 is 0 Å². The minimum absolute atomic E-state index is 0.195. The lowest BCUT2D eigenvalue weighted by Gasteiger charge is -2.39. The normalized spacial score (nSPS) is 15.2. The second kappa shape index (κ2) is 6.16. The van der Waals surface area contributed by atoms with Gasteiger partial charge in [-0.2, -0.15) is 0 Å². The van der Waals surface area contributed by atoms with E-state index in [0.29, 0.717) is 5.75 Å². The van der Waals surface area contributed by atoms with Crippen molar-refractivity contribution in [3.8, 4) is 23.0 Å². The van der Waals surface area contributed by atoms with Crippen molar-refractivity contribution in [3.05, 3.63) is 46.5 Å². The fourth-order valence-electron chi connectivity index (χ4n) is 4.15. The number of methoxy groups -OCH3 is 3. The molecule has 2 aliphatic heterocycles. The maximum atomic E-state index is 10.1. The lowest BCUT2D eigenvalue weighted by Crippen LogP contribution is -2.32. The maximum Gasteiger partial charge on any atom is 0.166 e. The Morgan fingerprint density at radius 3 is 2.42 bits per heavy atom. The number of hydrogen-bond donors (Lipinski definition) is 1. The van der Waals surface area contributed by atoms with E-state index in [4.69, 9.17) is 14.2 Å². The van der Waals surface area contributed by atoms with Gasteiger partial charge in [-0.1, -0.05) is 6.07 Å². The third kappa shape index (κ3) is 2.30. The Labute approximate surface area is 153 Å². The number of hydrogen-bond acceptors (Lipinski definition) is 5. The highest BCUT2D eigenvalue weighted by atomic mass is 16.5. The van der Waals surface area contributed by atoms with E-state index in [-0.39, 0.29) is 5.75 Å². The zero-order chi connectivity index (χ0) is 18.4. The van der Waals surface area contributed by atoms with E-state index in [1.807, 2.05) is 18.2 Å². The predicted octanol–water partition coefficient (Wildman–Crippen LogP) is 3.68. The fraction of sp³-hybridized carbons (Fsp3) is 0.333. The van der Waals surface area contributed by atoms with Gasteiger partial charge >= 0.3 is 0 Å². The molecule has 5 heteroatoms. The minimum Gasteiger partial charge on any atom is -0.504 e. The van der Waals surface area contributed by atoms with Gasteiger partial charge < -0.3 is 24.2 Å². The van der Waals surface area contributed by atoms with E-state index in [9.17, 15) is 5.11 Å². The van der Waals surface area contributed by atoms with Crippen LogP contribution in [0.3, 0.4) is 0 Å². The summed E-state index contributed by atoms with van der Waals surface area (Å²) in [6, 6.07) is 7.83. The van der Waals surface area contributed by atoms with Crippen molar-refractivity contribution in [3.63, 3.8) is 0 Å². The molecule has 4 rings (SSSR count). The van der Waals surface area contributed by atoms with Gasteiger partial charge in [-0.25, -0.2) is 0 Å². The molecular weight excluding hydrogens is 330 g/mol. The SMILES string of the molecule is COc1cc2c(cc1O)CCN1Cc3c(ccc(OC)c3OC)C(C)=C21. The van der Waals surface area contributed by atoms with Crippen molar-refractivity contribution >= 4 is 11.3 Å². The molecule has 0 aliphatic carbocycles. The largest absolute Gasteiger partial charge is 0.504 e. The van der Waals surface area contributed by atoms with E-state index >= 15 is 0 Å². The number of aromatic hydroxyl groups is 1. The zero-order valence-electron chi connectivity index (χ0n) is 15.5. The Balaban J connectivity index is 1.94. The van der Waals surface area contributed by atoms with Gasteiger partial charge in [0.2, 0.25) is 0 Å². The van der Waals surface area contributed by atoms with Crippen LogP contribution in [0.4, 0.5) is 0 Å². The van der Waals surface area contributed by atoms with Crippen LogP contribution in [0.25, 0.3) is 11.3 Å². The van der Waals surface area contributed by atoms with Gasteiger partial charge in [0.25, 0.3) is 0 Å². The number of ether oxygens (including phenoxy) is 3. The monoisotopic (exact) mass is 353 g/mol. The minimum atomic E-state index is 0.195. The molecule has 0 unspecified atom stereocenters. The van der Waals surface area contributed by atoms with Crippen molar-refractivity contribution in [2.75, 3.05) is 27.9 Å². The first kappa shape index (κ1) is 16.6. The second-order valence-electron chi connectivity index (χ2n) is 6.65. The smallest absolute Gasteiger partial charge is 0.166 e. The van der Waals surface area contributed by atoms with Gasteiger partial charge in [0, 0.05) is 29.9 Å². The maximum absolute atomic E-state index is 10.1. The van der Waals surface area contributed by atoms with Crippen LogP contribution >= 0.6 is 0 Å². The molecule has 5 nitrogen and oxygen atoms in total. The van der Waals surface area contributed by atoms with Crippen molar-refractivity contribution in [2.45, 2.75) is 19.9 Å². The Hall–Kier alpha value is -2.82. The summed E-state index contributed by atoms with van der Waals surface area (Å²) in [5.74, 6) is 2.26. The highest BCUT2D eigenvalue weighted by Gasteiger charge is 2.31. The first-order chi connectivity index (χ1) is 12.6. The first-order valence-electron chi connectivity index (χ1n) is 8.69. The molecule has 1 N–H and O–H groups in total. The molecule has 136 valence electrons. The second-order valence-corrected chi connectivity index (χ2v) is 6.65. The quantitative estimate of drug-likeness (QED) is 0.912. The van der Waals surface area contributed by atoms with Gasteiger partial charge in [0.15, 0.2) is 23.0 Å². The predicted molar refractivity (Wildman–Crippen MR) is 101 cm³/mol. The molecule has 0 radical (unpaired) electrons. The average molecular weight is 353 g/mol. The standard InChI is InChI=1S/C21H23NO4/c1-12-14-5-6-18(24-2)21(26-4)16(14)11-22-8-7-13-9-17(23)19(25-3)10-15(13)20(12)22/h5-6,9-10,23H,7-8,11H2,1-4H3. The molecule has 2 aliphatic rings. The number of phenolic OH excluding ortho intramolecular Hbond substituents is 1. The molecule has 0 spiro atoms. The fourth-order valence-corrected chi connectivity index (χ4v) is 4.15. The summed E-state index contributed by atoms with van der Waals surface area (Å²) in [5, 5.41) is 10.1. The number of benzene rings is 2. The summed E-state index contributed by atoms with van der Waals surface area (Å²) in [7, 11) is 4.93. The Morgan fingerprint density at radius 1 is 0.962 bits per heavy atom. The van der Waals surface area contributed by atoms with Crippen molar-refractivity contribution in [2.24, 2.45) is 0 Å². The first-order valence-corrected chi connectivity index (χ1v) is 8.69.